The topological polar surface area (TPSA) is 62.9 Å². The van der Waals surface area contributed by atoms with E-state index < -0.39 is 6.36 Å². The number of nitrogens with one attached hydrogen (secondary N) is 1. The Kier molecular flexibility index (Phi) is 7.38. The number of benzene rings is 1. The van der Waals surface area contributed by atoms with Crippen LogP contribution in [0.3, 0.4) is 0 Å². The van der Waals surface area contributed by atoms with E-state index in [2.05, 4.69) is 37.5 Å². The molecule has 2 aromatic rings. The Morgan fingerprint density at radius 1 is 1.21 bits per heavy atom. The number of piperidine rings is 1. The lowest BCUT2D eigenvalue weighted by molar-refractivity contribution is -0.274. The maximum absolute atomic E-state index is 12.2. The normalized spacial score (nSPS) is 16.7. The van der Waals surface area contributed by atoms with Gasteiger partial charge in [-0.25, -0.2) is 4.99 Å². The number of ether oxygens (including phenoxy) is 1. The van der Waals surface area contributed by atoms with E-state index in [1.807, 2.05) is 0 Å². The predicted octanol–water partition coefficient (Wildman–Crippen LogP) is 3.96. The summed E-state index contributed by atoms with van der Waals surface area (Å²) in [5.74, 6) is 0.658. The zero-order valence-electron chi connectivity index (χ0n) is 16.0. The molecule has 1 fully saturated rings. The third-order valence-electron chi connectivity index (χ3n) is 4.83. The number of hydrogen-bond acceptors (Lipinski definition) is 4. The Balaban J connectivity index is 1.36. The van der Waals surface area contributed by atoms with Crippen molar-refractivity contribution in [2.75, 3.05) is 19.6 Å². The van der Waals surface area contributed by atoms with Crippen LogP contribution >= 0.6 is 11.3 Å². The lowest BCUT2D eigenvalue weighted by Crippen LogP contribution is -2.40. The van der Waals surface area contributed by atoms with E-state index in [-0.39, 0.29) is 5.75 Å². The highest BCUT2D eigenvalue weighted by atomic mass is 32.1. The molecule has 3 N–H and O–H groups in total. The van der Waals surface area contributed by atoms with Gasteiger partial charge in [0.05, 0.1) is 6.54 Å². The first kappa shape index (κ1) is 21.4. The van der Waals surface area contributed by atoms with Gasteiger partial charge in [0.2, 0.25) is 0 Å². The molecule has 0 aliphatic carbocycles. The van der Waals surface area contributed by atoms with Crippen molar-refractivity contribution < 1.29 is 17.9 Å². The molecule has 1 aromatic carbocycles. The summed E-state index contributed by atoms with van der Waals surface area (Å²) in [6.07, 6.45) is -2.45. The molecular weight excluding hydrogens is 401 g/mol. The summed E-state index contributed by atoms with van der Waals surface area (Å²) in [7, 11) is 0. The summed E-state index contributed by atoms with van der Waals surface area (Å²) in [5, 5.41) is 5.27. The number of nitrogens with two attached hydrogens (primary N) is 1. The third kappa shape index (κ3) is 7.58. The molecule has 1 aliphatic rings. The van der Waals surface area contributed by atoms with E-state index in [0.29, 0.717) is 18.4 Å². The molecule has 5 nitrogen and oxygen atoms in total. The molecule has 9 heteroatoms. The molecule has 158 valence electrons. The molecule has 1 aliphatic heterocycles. The minimum absolute atomic E-state index is 0.248. The van der Waals surface area contributed by atoms with Crippen molar-refractivity contribution in [3.05, 3.63) is 52.2 Å². The average molecular weight is 427 g/mol. The quantitative estimate of drug-likeness (QED) is 0.520. The second kappa shape index (κ2) is 9.98. The van der Waals surface area contributed by atoms with Gasteiger partial charge in [-0.1, -0.05) is 18.2 Å². The molecular formula is C20H25F3N4OS. The zero-order chi connectivity index (χ0) is 20.7. The van der Waals surface area contributed by atoms with E-state index in [4.69, 9.17) is 5.73 Å². The number of halogens is 3. The Bertz CT molecular complexity index is 770. The minimum Gasteiger partial charge on any atom is -0.406 e. The molecule has 0 unspecified atom stereocenters. The highest BCUT2D eigenvalue weighted by molar-refractivity contribution is 7.09. The Morgan fingerprint density at radius 3 is 2.55 bits per heavy atom. The van der Waals surface area contributed by atoms with Crippen molar-refractivity contribution in [2.24, 2.45) is 16.6 Å². The third-order valence-corrected chi connectivity index (χ3v) is 5.69. The molecule has 0 atom stereocenters. The molecule has 3 rings (SSSR count). The van der Waals surface area contributed by atoms with E-state index >= 15 is 0 Å². The first-order valence-corrected chi connectivity index (χ1v) is 10.4. The Morgan fingerprint density at radius 2 is 1.93 bits per heavy atom. The molecule has 29 heavy (non-hydrogen) atoms. The van der Waals surface area contributed by atoms with Crippen LogP contribution in [0.1, 0.15) is 23.3 Å². The zero-order valence-corrected chi connectivity index (χ0v) is 16.8. The fourth-order valence-corrected chi connectivity index (χ4v) is 4.00. The maximum Gasteiger partial charge on any atom is 0.573 e. The number of nitrogens with zero attached hydrogens (tertiary/aromatic N) is 2. The van der Waals surface area contributed by atoms with Crippen molar-refractivity contribution in [1.82, 2.24) is 10.2 Å². The summed E-state index contributed by atoms with van der Waals surface area (Å²) in [4.78, 5) is 8.14. The van der Waals surface area contributed by atoms with Gasteiger partial charge in [0.25, 0.3) is 0 Å². The van der Waals surface area contributed by atoms with Crippen LogP contribution in [0.4, 0.5) is 13.2 Å². The van der Waals surface area contributed by atoms with Gasteiger partial charge in [0, 0.05) is 18.0 Å². The number of thiophene rings is 1. The fourth-order valence-electron chi connectivity index (χ4n) is 3.25. The van der Waals surface area contributed by atoms with Gasteiger partial charge in [-0.2, -0.15) is 0 Å². The Hall–Kier alpha value is -2.26. The summed E-state index contributed by atoms with van der Waals surface area (Å²) < 4.78 is 40.4. The van der Waals surface area contributed by atoms with E-state index in [9.17, 15) is 13.2 Å². The van der Waals surface area contributed by atoms with Crippen LogP contribution in [-0.4, -0.2) is 36.9 Å². The SMILES string of the molecule is NC(=NCc1ccc(OC(F)(F)F)cc1)NCC1CCN(Cc2cccs2)CC1. The summed E-state index contributed by atoms with van der Waals surface area (Å²) in [6.45, 7) is 4.25. The molecule has 0 radical (unpaired) electrons. The molecule has 0 spiro atoms. The second-order valence-corrected chi connectivity index (χ2v) is 8.11. The number of alkyl halides is 3. The van der Waals surface area contributed by atoms with Gasteiger partial charge in [-0.3, -0.25) is 4.90 Å². The molecule has 0 bridgehead atoms. The lowest BCUT2D eigenvalue weighted by atomic mass is 9.97. The van der Waals surface area contributed by atoms with Crippen LogP contribution in [0.2, 0.25) is 0 Å². The van der Waals surface area contributed by atoms with Crippen LogP contribution in [0.15, 0.2) is 46.8 Å². The van der Waals surface area contributed by atoms with Crippen molar-refractivity contribution in [3.63, 3.8) is 0 Å². The molecule has 0 saturated carbocycles. The van der Waals surface area contributed by atoms with Gasteiger partial charge in [-0.05, 0) is 61.0 Å². The van der Waals surface area contributed by atoms with Crippen molar-refractivity contribution >= 4 is 17.3 Å². The fraction of sp³-hybridized carbons (Fsp3) is 0.450. The van der Waals surface area contributed by atoms with E-state index in [1.54, 1.807) is 23.5 Å². The maximum atomic E-state index is 12.2. The molecule has 2 heterocycles. The number of aliphatic imine (C=N–C) groups is 1. The van der Waals surface area contributed by atoms with Crippen LogP contribution in [0.5, 0.6) is 5.75 Å². The van der Waals surface area contributed by atoms with E-state index in [1.165, 1.54) is 17.0 Å². The molecule has 1 aromatic heterocycles. The monoisotopic (exact) mass is 426 g/mol. The summed E-state index contributed by atoms with van der Waals surface area (Å²) in [5.41, 5.74) is 6.68. The number of guanidine groups is 1. The Labute approximate surface area is 172 Å². The predicted molar refractivity (Wildman–Crippen MR) is 109 cm³/mol. The molecule has 1 saturated heterocycles. The van der Waals surface area contributed by atoms with Crippen molar-refractivity contribution in [1.29, 1.82) is 0 Å². The van der Waals surface area contributed by atoms with Gasteiger partial charge in [0.1, 0.15) is 5.75 Å². The highest BCUT2D eigenvalue weighted by Gasteiger charge is 2.30. The number of hydrogen-bond donors (Lipinski definition) is 2. The first-order chi connectivity index (χ1) is 13.9. The minimum atomic E-state index is -4.69. The largest absolute Gasteiger partial charge is 0.573 e. The van der Waals surface area contributed by atoms with Gasteiger partial charge < -0.3 is 15.8 Å². The van der Waals surface area contributed by atoms with E-state index in [0.717, 1.165) is 44.6 Å². The van der Waals surface area contributed by atoms with Crippen molar-refractivity contribution in [2.45, 2.75) is 32.3 Å². The average Bonchev–Trinajstić information content (AvgIpc) is 3.19. The van der Waals surface area contributed by atoms with Crippen LogP contribution < -0.4 is 15.8 Å². The second-order valence-electron chi connectivity index (χ2n) is 7.07. The van der Waals surface area contributed by atoms with Crippen molar-refractivity contribution in [3.8, 4) is 5.75 Å². The standard InChI is InChI=1S/C20H25F3N4OS/c21-20(22,23)28-17-5-3-15(4-6-17)12-25-19(24)26-13-16-7-9-27(10-8-16)14-18-2-1-11-29-18/h1-6,11,16H,7-10,12-14H2,(H3,24,25,26). The van der Waals surface area contributed by atoms with Gasteiger partial charge >= 0.3 is 6.36 Å². The molecule has 0 amide bonds. The summed E-state index contributed by atoms with van der Waals surface area (Å²) in [6, 6.07) is 9.88. The van der Waals surface area contributed by atoms with Gasteiger partial charge in [-0.15, -0.1) is 24.5 Å². The van der Waals surface area contributed by atoms with Crippen LogP contribution in [-0.2, 0) is 13.1 Å². The number of likely N-dealkylation sites (tertiary alicyclic amines) is 1. The lowest BCUT2D eigenvalue weighted by Gasteiger charge is -2.31. The highest BCUT2D eigenvalue weighted by Crippen LogP contribution is 2.23. The van der Waals surface area contributed by atoms with Crippen LogP contribution in [0.25, 0.3) is 0 Å². The number of rotatable bonds is 7. The summed E-state index contributed by atoms with van der Waals surface area (Å²) >= 11 is 1.79. The van der Waals surface area contributed by atoms with Gasteiger partial charge in [0.15, 0.2) is 5.96 Å². The smallest absolute Gasteiger partial charge is 0.406 e. The van der Waals surface area contributed by atoms with Crippen LogP contribution in [0, 0.1) is 5.92 Å². The first-order valence-electron chi connectivity index (χ1n) is 9.50.